The highest BCUT2D eigenvalue weighted by molar-refractivity contribution is 7.80. The van der Waals surface area contributed by atoms with E-state index in [1.54, 1.807) is 7.11 Å². The number of nitriles is 1. The van der Waals surface area contributed by atoms with Crippen LogP contribution in [0.3, 0.4) is 0 Å². The van der Waals surface area contributed by atoms with Crippen LogP contribution >= 0.6 is 12.2 Å². The van der Waals surface area contributed by atoms with Crippen LogP contribution in [0.5, 0.6) is 0 Å². The number of nitrogens with zero attached hydrogens (tertiary/aromatic N) is 2. The molecule has 1 atom stereocenters. The molecule has 1 unspecified atom stereocenters. The number of hydrogen-bond acceptors (Lipinski definition) is 3. The van der Waals surface area contributed by atoms with Gasteiger partial charge in [-0.2, -0.15) is 5.26 Å². The topological polar surface area (TPSA) is 48.3 Å². The van der Waals surface area contributed by atoms with Gasteiger partial charge >= 0.3 is 0 Å². The molecule has 0 saturated carbocycles. The van der Waals surface area contributed by atoms with Gasteiger partial charge in [-0.1, -0.05) is 0 Å². The highest BCUT2D eigenvalue weighted by atomic mass is 32.1. The summed E-state index contributed by atoms with van der Waals surface area (Å²) in [5, 5.41) is 12.4. The standard InChI is InChI=1S/C10H19N3OS/c1-9(5-6-11)13(2)10(15)12-7-4-8-14-3/h9H,4-5,7-8H2,1-3H3,(H,12,15). The van der Waals surface area contributed by atoms with Gasteiger partial charge in [0.2, 0.25) is 0 Å². The summed E-state index contributed by atoms with van der Waals surface area (Å²) in [7, 11) is 3.58. The van der Waals surface area contributed by atoms with E-state index >= 15 is 0 Å². The van der Waals surface area contributed by atoms with Crippen LogP contribution < -0.4 is 5.32 Å². The number of methoxy groups -OCH3 is 1. The van der Waals surface area contributed by atoms with E-state index < -0.39 is 0 Å². The molecule has 15 heavy (non-hydrogen) atoms. The van der Waals surface area contributed by atoms with Gasteiger partial charge in [-0.25, -0.2) is 0 Å². The number of nitrogens with one attached hydrogen (secondary N) is 1. The van der Waals surface area contributed by atoms with Crippen molar-refractivity contribution in [2.24, 2.45) is 0 Å². The van der Waals surface area contributed by atoms with Crippen molar-refractivity contribution in [3.63, 3.8) is 0 Å². The number of ether oxygens (including phenoxy) is 1. The summed E-state index contributed by atoms with van der Waals surface area (Å²) in [6, 6.07) is 2.28. The quantitative estimate of drug-likeness (QED) is 0.546. The average molecular weight is 229 g/mol. The van der Waals surface area contributed by atoms with Gasteiger partial charge in [0.05, 0.1) is 12.5 Å². The molecule has 5 heteroatoms. The predicted octanol–water partition coefficient (Wildman–Crippen LogP) is 1.13. The molecule has 0 amide bonds. The summed E-state index contributed by atoms with van der Waals surface area (Å²) in [4.78, 5) is 1.91. The fourth-order valence-corrected chi connectivity index (χ4v) is 1.29. The van der Waals surface area contributed by atoms with Gasteiger partial charge in [-0.3, -0.25) is 0 Å². The van der Waals surface area contributed by atoms with Crippen molar-refractivity contribution in [1.29, 1.82) is 5.26 Å². The fraction of sp³-hybridized carbons (Fsp3) is 0.800. The molecule has 0 fully saturated rings. The second-order valence-electron chi connectivity index (χ2n) is 3.40. The normalized spacial score (nSPS) is 11.6. The molecule has 0 aliphatic rings. The average Bonchev–Trinajstić information content (AvgIpc) is 2.23. The molecule has 4 nitrogen and oxygen atoms in total. The lowest BCUT2D eigenvalue weighted by Gasteiger charge is -2.26. The van der Waals surface area contributed by atoms with Crippen molar-refractivity contribution in [2.75, 3.05) is 27.3 Å². The lowest BCUT2D eigenvalue weighted by Crippen LogP contribution is -2.42. The minimum atomic E-state index is 0.150. The minimum absolute atomic E-state index is 0.150. The van der Waals surface area contributed by atoms with Crippen molar-refractivity contribution in [3.8, 4) is 6.07 Å². The fourth-order valence-electron chi connectivity index (χ4n) is 1.01. The van der Waals surface area contributed by atoms with Crippen molar-refractivity contribution < 1.29 is 4.74 Å². The van der Waals surface area contributed by atoms with Crippen LogP contribution in [0.15, 0.2) is 0 Å². The first-order valence-electron chi connectivity index (χ1n) is 5.00. The van der Waals surface area contributed by atoms with Gasteiger partial charge in [0.15, 0.2) is 5.11 Å². The Morgan fingerprint density at radius 3 is 2.87 bits per heavy atom. The molecule has 0 heterocycles. The first-order chi connectivity index (χ1) is 7.13. The second kappa shape index (κ2) is 8.45. The highest BCUT2D eigenvalue weighted by Gasteiger charge is 2.10. The van der Waals surface area contributed by atoms with Gasteiger partial charge < -0.3 is 15.0 Å². The Labute approximate surface area is 97.2 Å². The second-order valence-corrected chi connectivity index (χ2v) is 3.79. The van der Waals surface area contributed by atoms with Gasteiger partial charge in [-0.15, -0.1) is 0 Å². The summed E-state index contributed by atoms with van der Waals surface area (Å²) in [5.74, 6) is 0. The van der Waals surface area contributed by atoms with E-state index in [2.05, 4.69) is 11.4 Å². The van der Waals surface area contributed by atoms with Gasteiger partial charge in [0, 0.05) is 33.4 Å². The molecule has 0 spiro atoms. The summed E-state index contributed by atoms with van der Waals surface area (Å²) in [6.45, 7) is 3.51. The van der Waals surface area contributed by atoms with Crippen LogP contribution in [-0.2, 0) is 4.74 Å². The Morgan fingerprint density at radius 1 is 1.67 bits per heavy atom. The third-order valence-electron chi connectivity index (χ3n) is 2.17. The van der Waals surface area contributed by atoms with Gasteiger partial charge in [-0.05, 0) is 25.6 Å². The molecule has 0 aliphatic carbocycles. The number of rotatable bonds is 6. The van der Waals surface area contributed by atoms with E-state index in [0.29, 0.717) is 11.5 Å². The van der Waals surface area contributed by atoms with Gasteiger partial charge in [0.1, 0.15) is 0 Å². The summed E-state index contributed by atoms with van der Waals surface area (Å²) in [5.41, 5.74) is 0. The monoisotopic (exact) mass is 229 g/mol. The van der Waals surface area contributed by atoms with Crippen LogP contribution in [0.2, 0.25) is 0 Å². The molecule has 1 N–H and O–H groups in total. The lowest BCUT2D eigenvalue weighted by molar-refractivity contribution is 0.195. The summed E-state index contributed by atoms with van der Waals surface area (Å²) >= 11 is 5.18. The molecular formula is C10H19N3OS. The molecule has 0 aromatic carbocycles. The van der Waals surface area contributed by atoms with E-state index in [1.807, 2.05) is 18.9 Å². The van der Waals surface area contributed by atoms with E-state index in [1.165, 1.54) is 0 Å². The molecule has 86 valence electrons. The van der Waals surface area contributed by atoms with Crippen LogP contribution in [-0.4, -0.2) is 43.4 Å². The molecular weight excluding hydrogens is 210 g/mol. The predicted molar refractivity (Wildman–Crippen MR) is 64.5 cm³/mol. The van der Waals surface area contributed by atoms with E-state index in [9.17, 15) is 0 Å². The molecule has 0 aromatic rings. The zero-order valence-electron chi connectivity index (χ0n) is 9.62. The smallest absolute Gasteiger partial charge is 0.168 e. The van der Waals surface area contributed by atoms with E-state index in [0.717, 1.165) is 19.6 Å². The Bertz CT molecular complexity index is 227. The maximum atomic E-state index is 8.56. The SMILES string of the molecule is COCCCNC(=S)N(C)C(C)CC#N. The number of thiocarbonyl (C=S) groups is 1. The Hall–Kier alpha value is -0.860. The van der Waals surface area contributed by atoms with Crippen molar-refractivity contribution in [2.45, 2.75) is 25.8 Å². The molecule has 0 bridgehead atoms. The Balaban J connectivity index is 3.74. The Morgan fingerprint density at radius 2 is 2.33 bits per heavy atom. The van der Waals surface area contributed by atoms with E-state index in [-0.39, 0.29) is 6.04 Å². The first-order valence-corrected chi connectivity index (χ1v) is 5.40. The van der Waals surface area contributed by atoms with Crippen molar-refractivity contribution >= 4 is 17.3 Å². The molecule has 0 radical (unpaired) electrons. The van der Waals surface area contributed by atoms with Crippen LogP contribution in [0.25, 0.3) is 0 Å². The molecule has 0 aromatic heterocycles. The van der Waals surface area contributed by atoms with Crippen molar-refractivity contribution in [1.82, 2.24) is 10.2 Å². The Kier molecular flexibility index (Phi) is 7.96. The van der Waals surface area contributed by atoms with Gasteiger partial charge in [0.25, 0.3) is 0 Å². The summed E-state index contributed by atoms with van der Waals surface area (Å²) in [6.07, 6.45) is 1.41. The molecule has 0 saturated heterocycles. The van der Waals surface area contributed by atoms with Crippen LogP contribution in [0.4, 0.5) is 0 Å². The third kappa shape index (κ3) is 6.26. The first kappa shape index (κ1) is 14.1. The van der Waals surface area contributed by atoms with Crippen molar-refractivity contribution in [3.05, 3.63) is 0 Å². The maximum Gasteiger partial charge on any atom is 0.168 e. The lowest BCUT2D eigenvalue weighted by atomic mass is 10.2. The summed E-state index contributed by atoms with van der Waals surface area (Å²) < 4.78 is 4.93. The molecule has 0 aliphatic heterocycles. The number of hydrogen-bond donors (Lipinski definition) is 1. The van der Waals surface area contributed by atoms with Crippen LogP contribution in [0.1, 0.15) is 19.8 Å². The maximum absolute atomic E-state index is 8.56. The third-order valence-corrected chi connectivity index (χ3v) is 2.60. The van der Waals surface area contributed by atoms with E-state index in [4.69, 9.17) is 22.2 Å². The molecule has 0 rings (SSSR count). The zero-order valence-corrected chi connectivity index (χ0v) is 10.4. The highest BCUT2D eigenvalue weighted by Crippen LogP contribution is 2.00. The van der Waals surface area contributed by atoms with Crippen LogP contribution in [0, 0.1) is 11.3 Å². The zero-order chi connectivity index (χ0) is 11.7. The minimum Gasteiger partial charge on any atom is -0.385 e. The largest absolute Gasteiger partial charge is 0.385 e.